The fraction of sp³-hybridized carbons (Fsp3) is 0.895. The van der Waals surface area contributed by atoms with E-state index in [0.717, 1.165) is 0 Å². The molecule has 0 aromatic carbocycles. The lowest BCUT2D eigenvalue weighted by Gasteiger charge is -2.30. The van der Waals surface area contributed by atoms with E-state index in [9.17, 15) is 9.59 Å². The second kappa shape index (κ2) is 8.14. The summed E-state index contributed by atoms with van der Waals surface area (Å²) in [7, 11) is 0. The van der Waals surface area contributed by atoms with Gasteiger partial charge in [-0.25, -0.2) is 4.79 Å². The first-order valence-corrected chi connectivity index (χ1v) is 9.48. The summed E-state index contributed by atoms with van der Waals surface area (Å²) in [5.41, 5.74) is -0.672. The van der Waals surface area contributed by atoms with Gasteiger partial charge in [0.15, 0.2) is 11.6 Å². The Morgan fingerprint density at radius 1 is 1.11 bits per heavy atom. The summed E-state index contributed by atoms with van der Waals surface area (Å²) in [6.07, 6.45) is -2.21. The molecule has 2 rings (SSSR count). The fourth-order valence-corrected chi connectivity index (χ4v) is 3.18. The lowest BCUT2D eigenvalue weighted by molar-refractivity contribution is -0.175. The van der Waals surface area contributed by atoms with Crippen LogP contribution in [-0.2, 0) is 33.2 Å². The molecule has 0 unspecified atom stereocenters. The van der Waals surface area contributed by atoms with Crippen LogP contribution in [0.25, 0.3) is 0 Å². The molecular formula is C19H33NO8. The minimum atomic E-state index is -0.907. The first-order valence-electron chi connectivity index (χ1n) is 9.48. The minimum absolute atomic E-state index is 0.0911. The predicted octanol–water partition coefficient (Wildman–Crippen LogP) is 2.11. The van der Waals surface area contributed by atoms with Crippen LogP contribution < -0.4 is 5.32 Å². The summed E-state index contributed by atoms with van der Waals surface area (Å²) in [6.45, 7) is 14.0. The van der Waals surface area contributed by atoms with E-state index in [0.29, 0.717) is 6.61 Å². The van der Waals surface area contributed by atoms with E-state index in [4.69, 9.17) is 28.4 Å². The third-order valence-electron chi connectivity index (χ3n) is 4.13. The molecule has 1 N–H and O–H groups in total. The zero-order valence-corrected chi connectivity index (χ0v) is 18.0. The van der Waals surface area contributed by atoms with Crippen LogP contribution >= 0.6 is 0 Å². The summed E-state index contributed by atoms with van der Waals surface area (Å²) in [4.78, 5) is 23.7. The van der Waals surface area contributed by atoms with Gasteiger partial charge in [0.05, 0.1) is 12.6 Å². The molecule has 28 heavy (non-hydrogen) atoms. The Kier molecular flexibility index (Phi) is 6.65. The van der Waals surface area contributed by atoms with Gasteiger partial charge in [-0.2, -0.15) is 0 Å². The molecule has 2 aliphatic heterocycles. The standard InChI is InChI=1S/C19H33NO8/c1-11(21)23-9-12(20-16(22)28-17(2,3)4)14-15(27-19(7,8)26-14)13-10-24-18(5,6)25-13/h12-15H,9-10H2,1-8H3,(H,20,22)/t12-,13-,14-,15-/m1/s1. The van der Waals surface area contributed by atoms with Crippen LogP contribution in [0.1, 0.15) is 55.4 Å². The lowest BCUT2D eigenvalue weighted by Crippen LogP contribution is -2.54. The van der Waals surface area contributed by atoms with E-state index >= 15 is 0 Å². The van der Waals surface area contributed by atoms with E-state index < -0.39 is 53.6 Å². The number of alkyl carbamates (subject to hydrolysis) is 1. The van der Waals surface area contributed by atoms with Gasteiger partial charge in [0.2, 0.25) is 0 Å². The molecule has 9 nitrogen and oxygen atoms in total. The van der Waals surface area contributed by atoms with E-state index in [-0.39, 0.29) is 6.61 Å². The molecule has 4 atom stereocenters. The number of carbonyl (C=O) groups is 2. The zero-order valence-electron chi connectivity index (χ0n) is 18.0. The third kappa shape index (κ3) is 6.58. The van der Waals surface area contributed by atoms with Crippen LogP contribution in [0.2, 0.25) is 0 Å². The van der Waals surface area contributed by atoms with Gasteiger partial charge < -0.3 is 33.7 Å². The highest BCUT2D eigenvalue weighted by Crippen LogP contribution is 2.37. The second-order valence-corrected chi connectivity index (χ2v) is 8.99. The Morgan fingerprint density at radius 2 is 1.75 bits per heavy atom. The summed E-state index contributed by atoms with van der Waals surface area (Å²) >= 11 is 0. The van der Waals surface area contributed by atoms with Gasteiger partial charge in [-0.15, -0.1) is 0 Å². The van der Waals surface area contributed by atoms with Crippen LogP contribution in [0.5, 0.6) is 0 Å². The smallest absolute Gasteiger partial charge is 0.408 e. The number of amides is 1. The number of esters is 1. The molecule has 2 fully saturated rings. The van der Waals surface area contributed by atoms with Crippen molar-refractivity contribution in [2.24, 2.45) is 0 Å². The molecule has 2 heterocycles. The zero-order chi connectivity index (χ0) is 21.3. The molecule has 9 heteroatoms. The van der Waals surface area contributed by atoms with Crippen LogP contribution in [-0.4, -0.2) is 66.8 Å². The maximum atomic E-state index is 12.3. The van der Waals surface area contributed by atoms with Crippen molar-refractivity contribution < 1.29 is 38.0 Å². The molecule has 0 aliphatic carbocycles. The number of rotatable bonds is 5. The lowest BCUT2D eigenvalue weighted by atomic mass is 10.0. The van der Waals surface area contributed by atoms with Crippen molar-refractivity contribution in [3.63, 3.8) is 0 Å². The number of hydrogen-bond acceptors (Lipinski definition) is 8. The van der Waals surface area contributed by atoms with Crippen molar-refractivity contribution in [1.82, 2.24) is 5.32 Å². The summed E-state index contributed by atoms with van der Waals surface area (Å²) < 4.78 is 34.2. The number of nitrogens with one attached hydrogen (secondary N) is 1. The highest BCUT2D eigenvalue weighted by molar-refractivity contribution is 5.68. The van der Waals surface area contributed by atoms with Crippen molar-refractivity contribution in [2.75, 3.05) is 13.2 Å². The van der Waals surface area contributed by atoms with E-state index in [2.05, 4.69) is 5.32 Å². The van der Waals surface area contributed by atoms with Crippen molar-refractivity contribution in [1.29, 1.82) is 0 Å². The van der Waals surface area contributed by atoms with Gasteiger partial charge in [0.1, 0.15) is 30.5 Å². The molecule has 0 aromatic rings. The molecule has 0 aromatic heterocycles. The Bertz CT molecular complexity index is 583. The van der Waals surface area contributed by atoms with Gasteiger partial charge in [-0.3, -0.25) is 4.79 Å². The van der Waals surface area contributed by atoms with Gasteiger partial charge in [-0.05, 0) is 48.5 Å². The quantitative estimate of drug-likeness (QED) is 0.697. The minimum Gasteiger partial charge on any atom is -0.464 e. The largest absolute Gasteiger partial charge is 0.464 e. The summed E-state index contributed by atoms with van der Waals surface area (Å²) in [5, 5.41) is 2.74. The van der Waals surface area contributed by atoms with E-state index in [1.807, 2.05) is 13.8 Å². The molecule has 0 bridgehead atoms. The van der Waals surface area contributed by atoms with Gasteiger partial charge in [0, 0.05) is 6.92 Å². The maximum Gasteiger partial charge on any atom is 0.408 e. The molecule has 0 saturated carbocycles. The Morgan fingerprint density at radius 3 is 2.25 bits per heavy atom. The third-order valence-corrected chi connectivity index (χ3v) is 4.13. The van der Waals surface area contributed by atoms with Crippen molar-refractivity contribution >= 4 is 12.1 Å². The summed E-state index contributed by atoms with van der Waals surface area (Å²) in [6, 6.07) is -0.696. The fourth-order valence-electron chi connectivity index (χ4n) is 3.18. The van der Waals surface area contributed by atoms with E-state index in [1.54, 1.807) is 34.6 Å². The van der Waals surface area contributed by atoms with Crippen LogP contribution in [0.15, 0.2) is 0 Å². The molecule has 162 valence electrons. The average Bonchev–Trinajstić information content (AvgIpc) is 3.00. The van der Waals surface area contributed by atoms with Crippen LogP contribution in [0, 0.1) is 0 Å². The Labute approximate surface area is 166 Å². The second-order valence-electron chi connectivity index (χ2n) is 8.99. The van der Waals surface area contributed by atoms with Crippen molar-refractivity contribution in [3.8, 4) is 0 Å². The molecule has 0 radical (unpaired) electrons. The van der Waals surface area contributed by atoms with Gasteiger partial charge >= 0.3 is 12.1 Å². The number of ether oxygens (including phenoxy) is 6. The highest BCUT2D eigenvalue weighted by Gasteiger charge is 2.52. The predicted molar refractivity (Wildman–Crippen MR) is 98.5 cm³/mol. The normalized spacial score (nSPS) is 29.9. The van der Waals surface area contributed by atoms with Crippen molar-refractivity contribution in [2.45, 2.75) is 96.9 Å². The molecule has 1 amide bonds. The molecular weight excluding hydrogens is 370 g/mol. The topological polar surface area (TPSA) is 102 Å². The first kappa shape index (κ1) is 22.9. The molecule has 0 spiro atoms. The first-order chi connectivity index (χ1) is 12.7. The van der Waals surface area contributed by atoms with Crippen LogP contribution in [0.4, 0.5) is 4.79 Å². The summed E-state index contributed by atoms with van der Waals surface area (Å²) in [5.74, 6) is -2.11. The Balaban J connectivity index is 2.19. The monoisotopic (exact) mass is 403 g/mol. The number of hydrogen-bond donors (Lipinski definition) is 1. The highest BCUT2D eigenvalue weighted by atomic mass is 16.8. The maximum absolute atomic E-state index is 12.3. The SMILES string of the molecule is CC(=O)OC[C@@H](NC(=O)OC(C)(C)C)[C@H]1OC(C)(C)O[C@@H]1[C@H]1COC(C)(C)O1. The van der Waals surface area contributed by atoms with Gasteiger partial charge in [-0.1, -0.05) is 0 Å². The van der Waals surface area contributed by atoms with E-state index in [1.165, 1.54) is 6.92 Å². The van der Waals surface area contributed by atoms with Crippen molar-refractivity contribution in [3.05, 3.63) is 0 Å². The van der Waals surface area contributed by atoms with Gasteiger partial charge in [0.25, 0.3) is 0 Å². The van der Waals surface area contributed by atoms with Crippen LogP contribution in [0.3, 0.4) is 0 Å². The molecule has 2 saturated heterocycles. The average molecular weight is 403 g/mol. The number of carbonyl (C=O) groups excluding carboxylic acids is 2. The Hall–Kier alpha value is -1.42. The molecule has 2 aliphatic rings.